The third kappa shape index (κ3) is 3.92. The van der Waals surface area contributed by atoms with E-state index in [1.165, 1.54) is 0 Å². The van der Waals surface area contributed by atoms with Crippen molar-refractivity contribution in [3.8, 4) is 0 Å². The minimum absolute atomic E-state index is 0.0150. The SMILES string of the molecule is Nc1ccc(NC(=O)CN2CCOCC2CO)c(Br)c1. The smallest absolute Gasteiger partial charge is 0.238 e. The quantitative estimate of drug-likeness (QED) is 0.699. The Morgan fingerprint density at radius 1 is 1.60 bits per heavy atom. The lowest BCUT2D eigenvalue weighted by atomic mass is 10.2. The first-order valence-electron chi connectivity index (χ1n) is 6.37. The minimum atomic E-state index is -0.129. The summed E-state index contributed by atoms with van der Waals surface area (Å²) >= 11 is 3.36. The van der Waals surface area contributed by atoms with E-state index in [4.69, 9.17) is 10.5 Å². The van der Waals surface area contributed by atoms with Crippen LogP contribution in [0.5, 0.6) is 0 Å². The monoisotopic (exact) mass is 343 g/mol. The van der Waals surface area contributed by atoms with Gasteiger partial charge < -0.3 is 20.9 Å². The van der Waals surface area contributed by atoms with E-state index in [1.54, 1.807) is 18.2 Å². The maximum absolute atomic E-state index is 12.1. The maximum atomic E-state index is 12.1. The predicted molar refractivity (Wildman–Crippen MR) is 80.4 cm³/mol. The molecule has 1 aromatic carbocycles. The van der Waals surface area contributed by atoms with Gasteiger partial charge in [-0.3, -0.25) is 9.69 Å². The first-order chi connectivity index (χ1) is 9.60. The van der Waals surface area contributed by atoms with Crippen molar-refractivity contribution in [1.29, 1.82) is 0 Å². The number of hydrogen-bond acceptors (Lipinski definition) is 5. The number of morpholine rings is 1. The summed E-state index contributed by atoms with van der Waals surface area (Å²) in [5.74, 6) is -0.129. The Kier molecular flexibility index (Phi) is 5.36. The molecule has 0 saturated carbocycles. The number of nitrogen functional groups attached to an aromatic ring is 1. The van der Waals surface area contributed by atoms with E-state index in [9.17, 15) is 9.90 Å². The number of anilines is 2. The topological polar surface area (TPSA) is 87.8 Å². The Morgan fingerprint density at radius 3 is 3.10 bits per heavy atom. The van der Waals surface area contributed by atoms with E-state index in [0.717, 1.165) is 4.47 Å². The molecule has 1 aliphatic heterocycles. The fourth-order valence-electron chi connectivity index (χ4n) is 2.07. The van der Waals surface area contributed by atoms with Crippen LogP contribution < -0.4 is 11.1 Å². The molecule has 0 radical (unpaired) electrons. The molecule has 1 heterocycles. The number of nitrogens with zero attached hydrogens (tertiary/aromatic N) is 1. The molecule has 0 spiro atoms. The van der Waals surface area contributed by atoms with Gasteiger partial charge in [-0.2, -0.15) is 0 Å². The van der Waals surface area contributed by atoms with Gasteiger partial charge in [-0.15, -0.1) is 0 Å². The summed E-state index contributed by atoms with van der Waals surface area (Å²) in [4.78, 5) is 14.0. The molecule has 1 saturated heterocycles. The summed E-state index contributed by atoms with van der Waals surface area (Å²) in [5.41, 5.74) is 6.96. The number of benzene rings is 1. The standard InChI is InChI=1S/C13H18BrN3O3/c14-11-5-9(15)1-2-12(11)16-13(19)6-17-3-4-20-8-10(17)7-18/h1-2,5,10,18H,3-4,6-8,15H2,(H,16,19). The summed E-state index contributed by atoms with van der Waals surface area (Å²) in [7, 11) is 0. The molecular formula is C13H18BrN3O3. The van der Waals surface area contributed by atoms with E-state index in [2.05, 4.69) is 21.2 Å². The lowest BCUT2D eigenvalue weighted by Crippen LogP contribution is -2.50. The van der Waals surface area contributed by atoms with Crippen LogP contribution in [-0.2, 0) is 9.53 Å². The number of hydrogen-bond donors (Lipinski definition) is 3. The lowest BCUT2D eigenvalue weighted by Gasteiger charge is -2.33. The summed E-state index contributed by atoms with van der Waals surface area (Å²) < 4.78 is 6.02. The summed E-state index contributed by atoms with van der Waals surface area (Å²) in [5, 5.41) is 12.1. The highest BCUT2D eigenvalue weighted by atomic mass is 79.9. The fourth-order valence-corrected chi connectivity index (χ4v) is 2.57. The molecule has 1 unspecified atom stereocenters. The molecule has 6 nitrogen and oxygen atoms in total. The van der Waals surface area contributed by atoms with E-state index in [-0.39, 0.29) is 25.1 Å². The number of carbonyl (C=O) groups excluding carboxylic acids is 1. The summed E-state index contributed by atoms with van der Waals surface area (Å²) in [6, 6.07) is 5.09. The van der Waals surface area contributed by atoms with Gasteiger partial charge in [0, 0.05) is 16.7 Å². The second-order valence-electron chi connectivity index (χ2n) is 4.67. The number of carbonyl (C=O) groups is 1. The van der Waals surface area contributed by atoms with Crippen molar-refractivity contribution in [3.05, 3.63) is 22.7 Å². The van der Waals surface area contributed by atoms with Gasteiger partial charge in [-0.05, 0) is 34.1 Å². The molecule has 1 atom stereocenters. The van der Waals surface area contributed by atoms with Crippen LogP contribution in [-0.4, -0.2) is 54.9 Å². The molecule has 1 fully saturated rings. The van der Waals surface area contributed by atoms with E-state index >= 15 is 0 Å². The van der Waals surface area contributed by atoms with Crippen LogP contribution in [0, 0.1) is 0 Å². The van der Waals surface area contributed by atoms with Crippen molar-refractivity contribution < 1.29 is 14.6 Å². The van der Waals surface area contributed by atoms with Crippen molar-refractivity contribution in [2.45, 2.75) is 6.04 Å². The molecule has 1 aliphatic rings. The van der Waals surface area contributed by atoms with E-state index in [1.807, 2.05) is 4.90 Å². The molecule has 7 heteroatoms. The minimum Gasteiger partial charge on any atom is -0.399 e. The molecule has 110 valence electrons. The number of ether oxygens (including phenoxy) is 1. The molecule has 2 rings (SSSR count). The number of halogens is 1. The maximum Gasteiger partial charge on any atom is 0.238 e. The van der Waals surface area contributed by atoms with Crippen molar-refractivity contribution in [2.24, 2.45) is 0 Å². The molecule has 0 aliphatic carbocycles. The van der Waals surface area contributed by atoms with Crippen molar-refractivity contribution in [3.63, 3.8) is 0 Å². The lowest BCUT2D eigenvalue weighted by molar-refractivity contribution is -0.120. The van der Waals surface area contributed by atoms with Gasteiger partial charge >= 0.3 is 0 Å². The van der Waals surface area contributed by atoms with Gasteiger partial charge in [0.2, 0.25) is 5.91 Å². The van der Waals surface area contributed by atoms with Gasteiger partial charge in [-0.25, -0.2) is 0 Å². The van der Waals surface area contributed by atoms with Crippen molar-refractivity contribution >= 4 is 33.2 Å². The normalized spacial score (nSPS) is 19.8. The second kappa shape index (κ2) is 7.03. The number of nitrogens with two attached hydrogens (primary N) is 1. The van der Waals surface area contributed by atoms with Crippen LogP contribution in [0.2, 0.25) is 0 Å². The van der Waals surface area contributed by atoms with Crippen LogP contribution in [0.25, 0.3) is 0 Å². The average Bonchev–Trinajstić information content (AvgIpc) is 2.42. The van der Waals surface area contributed by atoms with Crippen molar-refractivity contribution in [1.82, 2.24) is 4.90 Å². The average molecular weight is 344 g/mol. The van der Waals surface area contributed by atoms with Gasteiger partial charge in [0.05, 0.1) is 38.1 Å². The highest BCUT2D eigenvalue weighted by Gasteiger charge is 2.24. The van der Waals surface area contributed by atoms with Crippen LogP contribution in [0.15, 0.2) is 22.7 Å². The predicted octanol–water partition coefficient (Wildman–Crippen LogP) is 0.663. The Morgan fingerprint density at radius 2 is 2.40 bits per heavy atom. The zero-order chi connectivity index (χ0) is 14.5. The molecular weight excluding hydrogens is 326 g/mol. The first kappa shape index (κ1) is 15.2. The van der Waals surface area contributed by atoms with Crippen LogP contribution >= 0.6 is 15.9 Å². The largest absolute Gasteiger partial charge is 0.399 e. The zero-order valence-corrected chi connectivity index (χ0v) is 12.6. The second-order valence-corrected chi connectivity index (χ2v) is 5.52. The number of nitrogens with one attached hydrogen (secondary N) is 1. The third-order valence-electron chi connectivity index (χ3n) is 3.17. The molecule has 20 heavy (non-hydrogen) atoms. The number of aliphatic hydroxyl groups excluding tert-OH is 1. The number of amides is 1. The van der Waals surface area contributed by atoms with Gasteiger partial charge in [0.25, 0.3) is 0 Å². The summed E-state index contributed by atoms with van der Waals surface area (Å²) in [6.45, 7) is 1.89. The first-order valence-corrected chi connectivity index (χ1v) is 7.17. The van der Waals surface area contributed by atoms with Gasteiger partial charge in [0.15, 0.2) is 0 Å². The summed E-state index contributed by atoms with van der Waals surface area (Å²) in [6.07, 6.45) is 0. The third-order valence-corrected chi connectivity index (χ3v) is 3.83. The van der Waals surface area contributed by atoms with Gasteiger partial charge in [0.1, 0.15) is 0 Å². The number of rotatable bonds is 4. The van der Waals surface area contributed by atoms with Gasteiger partial charge in [-0.1, -0.05) is 0 Å². The Bertz CT molecular complexity index is 484. The fraction of sp³-hybridized carbons (Fsp3) is 0.462. The zero-order valence-electron chi connectivity index (χ0n) is 11.0. The Balaban J connectivity index is 1.94. The number of aliphatic hydroxyl groups is 1. The van der Waals surface area contributed by atoms with Crippen LogP contribution in [0.1, 0.15) is 0 Å². The Labute approximate surface area is 126 Å². The highest BCUT2D eigenvalue weighted by molar-refractivity contribution is 9.10. The molecule has 4 N–H and O–H groups in total. The molecule has 0 bridgehead atoms. The van der Waals surface area contributed by atoms with E-state index < -0.39 is 0 Å². The van der Waals surface area contributed by atoms with Crippen molar-refractivity contribution in [2.75, 3.05) is 44.0 Å². The highest BCUT2D eigenvalue weighted by Crippen LogP contribution is 2.24. The van der Waals surface area contributed by atoms with E-state index in [0.29, 0.717) is 31.1 Å². The Hall–Kier alpha value is -1.15. The van der Waals surface area contributed by atoms with Crippen LogP contribution in [0.3, 0.4) is 0 Å². The van der Waals surface area contributed by atoms with Crippen LogP contribution in [0.4, 0.5) is 11.4 Å². The molecule has 0 aromatic heterocycles. The molecule has 1 aromatic rings. The molecule has 1 amide bonds.